The van der Waals surface area contributed by atoms with Crippen LogP contribution in [0.15, 0.2) is 29.3 Å². The Balaban J connectivity index is 1.85. The molecule has 116 valence electrons. The van der Waals surface area contributed by atoms with Crippen molar-refractivity contribution in [1.29, 1.82) is 0 Å². The van der Waals surface area contributed by atoms with Gasteiger partial charge in [0.2, 0.25) is 0 Å². The van der Waals surface area contributed by atoms with E-state index in [9.17, 15) is 0 Å². The minimum Gasteiger partial charge on any atom is -0.494 e. The highest BCUT2D eigenvalue weighted by Crippen LogP contribution is 2.14. The van der Waals surface area contributed by atoms with Gasteiger partial charge < -0.3 is 15.0 Å². The van der Waals surface area contributed by atoms with E-state index in [0.29, 0.717) is 0 Å². The molecule has 0 atom stereocenters. The van der Waals surface area contributed by atoms with Crippen LogP contribution in [0.2, 0.25) is 0 Å². The number of nitrogens with zero attached hydrogens (tertiary/aromatic N) is 2. The summed E-state index contributed by atoms with van der Waals surface area (Å²) in [5.74, 6) is 1.96. The van der Waals surface area contributed by atoms with Crippen molar-refractivity contribution in [3.63, 3.8) is 0 Å². The fraction of sp³-hybridized carbons (Fsp3) is 0.588. The highest BCUT2D eigenvalue weighted by atomic mass is 16.5. The molecule has 1 saturated heterocycles. The number of benzene rings is 1. The number of aliphatic imine (C=N–C) groups is 1. The molecular weight excluding hydrogens is 262 g/mol. The van der Waals surface area contributed by atoms with Gasteiger partial charge in [-0.1, -0.05) is 25.5 Å². The van der Waals surface area contributed by atoms with Crippen molar-refractivity contribution in [3.05, 3.63) is 29.8 Å². The van der Waals surface area contributed by atoms with Gasteiger partial charge in [0.1, 0.15) is 5.75 Å². The molecule has 0 amide bonds. The molecule has 0 spiro atoms. The van der Waals surface area contributed by atoms with Crippen molar-refractivity contribution in [2.75, 3.05) is 26.7 Å². The molecule has 1 heterocycles. The second-order valence-electron chi connectivity index (χ2n) is 5.44. The maximum Gasteiger partial charge on any atom is 0.193 e. The summed E-state index contributed by atoms with van der Waals surface area (Å²) < 4.78 is 5.75. The largest absolute Gasteiger partial charge is 0.494 e. The van der Waals surface area contributed by atoms with E-state index in [1.54, 1.807) is 0 Å². The van der Waals surface area contributed by atoms with Gasteiger partial charge >= 0.3 is 0 Å². The summed E-state index contributed by atoms with van der Waals surface area (Å²) in [5.41, 5.74) is 1.23. The molecule has 0 aliphatic carbocycles. The van der Waals surface area contributed by atoms with E-state index in [-0.39, 0.29) is 0 Å². The Bertz CT molecular complexity index is 453. The Hall–Kier alpha value is -1.71. The normalized spacial score (nSPS) is 15.3. The topological polar surface area (TPSA) is 36.9 Å². The number of hydrogen-bond acceptors (Lipinski definition) is 2. The molecular formula is C17H27N3O. The number of ether oxygens (including phenoxy) is 1. The lowest BCUT2D eigenvalue weighted by Crippen LogP contribution is -2.39. The van der Waals surface area contributed by atoms with Gasteiger partial charge in [-0.05, 0) is 37.0 Å². The molecule has 4 heteroatoms. The van der Waals surface area contributed by atoms with E-state index < -0.39 is 0 Å². The Morgan fingerprint density at radius 1 is 1.33 bits per heavy atom. The van der Waals surface area contributed by atoms with E-state index in [1.165, 1.54) is 18.4 Å². The number of nitrogens with one attached hydrogen (secondary N) is 1. The maximum absolute atomic E-state index is 5.75. The van der Waals surface area contributed by atoms with Crippen LogP contribution in [0.3, 0.4) is 0 Å². The molecule has 0 radical (unpaired) electrons. The zero-order chi connectivity index (χ0) is 14.9. The summed E-state index contributed by atoms with van der Waals surface area (Å²) in [6, 6.07) is 8.31. The van der Waals surface area contributed by atoms with Crippen molar-refractivity contribution in [2.24, 2.45) is 4.99 Å². The summed E-state index contributed by atoms with van der Waals surface area (Å²) in [4.78, 5) is 6.69. The first-order valence-electron chi connectivity index (χ1n) is 8.01. The molecule has 1 aromatic carbocycles. The lowest BCUT2D eigenvalue weighted by molar-refractivity contribution is 0.309. The zero-order valence-corrected chi connectivity index (χ0v) is 13.3. The Morgan fingerprint density at radius 3 is 2.86 bits per heavy atom. The van der Waals surface area contributed by atoms with E-state index >= 15 is 0 Å². The summed E-state index contributed by atoms with van der Waals surface area (Å²) in [7, 11) is 1.85. The van der Waals surface area contributed by atoms with Gasteiger partial charge in [0.05, 0.1) is 6.61 Å². The Labute approximate surface area is 128 Å². The third kappa shape index (κ3) is 4.96. The van der Waals surface area contributed by atoms with Crippen LogP contribution in [0.4, 0.5) is 0 Å². The van der Waals surface area contributed by atoms with Crippen LogP contribution >= 0.6 is 0 Å². The van der Waals surface area contributed by atoms with Gasteiger partial charge in [-0.3, -0.25) is 4.99 Å². The SMILES string of the molecule is CCCCOc1cccc(CNC(=NC)N2CCCC2)c1. The number of rotatable bonds is 6. The first kappa shape index (κ1) is 15.7. The minimum atomic E-state index is 0.786. The van der Waals surface area contributed by atoms with Crippen LogP contribution in [0.25, 0.3) is 0 Å². The van der Waals surface area contributed by atoms with Crippen LogP contribution in [0.5, 0.6) is 5.75 Å². The van der Waals surface area contributed by atoms with Crippen molar-refractivity contribution in [2.45, 2.75) is 39.2 Å². The molecule has 1 aliphatic rings. The first-order chi connectivity index (χ1) is 10.3. The van der Waals surface area contributed by atoms with Crippen molar-refractivity contribution < 1.29 is 4.74 Å². The average molecular weight is 289 g/mol. The summed E-state index contributed by atoms with van der Waals surface area (Å²) >= 11 is 0. The van der Waals surface area contributed by atoms with Crippen LogP contribution in [-0.4, -0.2) is 37.6 Å². The van der Waals surface area contributed by atoms with E-state index in [1.807, 2.05) is 13.1 Å². The van der Waals surface area contributed by atoms with Crippen molar-refractivity contribution in [3.8, 4) is 5.75 Å². The molecule has 4 nitrogen and oxygen atoms in total. The molecule has 1 aliphatic heterocycles. The molecule has 0 saturated carbocycles. The third-order valence-corrected chi connectivity index (χ3v) is 3.73. The predicted octanol–water partition coefficient (Wildman–Crippen LogP) is 3.04. The second kappa shape index (κ2) is 8.55. The molecule has 1 fully saturated rings. The van der Waals surface area contributed by atoms with Crippen LogP contribution in [0.1, 0.15) is 38.2 Å². The van der Waals surface area contributed by atoms with Gasteiger partial charge in [-0.2, -0.15) is 0 Å². The molecule has 1 aromatic rings. The standard InChI is InChI=1S/C17H27N3O/c1-3-4-12-21-16-9-7-8-15(13-16)14-19-17(18-2)20-10-5-6-11-20/h7-9,13H,3-6,10-12,14H2,1-2H3,(H,18,19). The fourth-order valence-electron chi connectivity index (χ4n) is 2.52. The monoisotopic (exact) mass is 289 g/mol. The molecule has 0 unspecified atom stereocenters. The number of guanidine groups is 1. The van der Waals surface area contributed by atoms with Crippen LogP contribution in [-0.2, 0) is 6.54 Å². The predicted molar refractivity (Wildman–Crippen MR) is 87.9 cm³/mol. The summed E-state index contributed by atoms with van der Waals surface area (Å²) in [6.45, 7) is 5.98. The molecule has 0 bridgehead atoms. The smallest absolute Gasteiger partial charge is 0.193 e. The third-order valence-electron chi connectivity index (χ3n) is 3.73. The highest BCUT2D eigenvalue weighted by molar-refractivity contribution is 5.80. The average Bonchev–Trinajstić information content (AvgIpc) is 3.03. The van der Waals surface area contributed by atoms with E-state index in [4.69, 9.17) is 4.74 Å². The highest BCUT2D eigenvalue weighted by Gasteiger charge is 2.15. The number of hydrogen-bond donors (Lipinski definition) is 1. The van der Waals surface area contributed by atoms with Gasteiger partial charge in [0, 0.05) is 26.7 Å². The van der Waals surface area contributed by atoms with E-state index in [2.05, 4.69) is 40.3 Å². The lowest BCUT2D eigenvalue weighted by Gasteiger charge is -2.21. The van der Waals surface area contributed by atoms with Crippen molar-refractivity contribution in [1.82, 2.24) is 10.2 Å². The quantitative estimate of drug-likeness (QED) is 0.497. The van der Waals surface area contributed by atoms with Gasteiger partial charge in [-0.15, -0.1) is 0 Å². The summed E-state index contributed by atoms with van der Waals surface area (Å²) in [6.07, 6.45) is 4.79. The van der Waals surface area contributed by atoms with Crippen molar-refractivity contribution >= 4 is 5.96 Å². The second-order valence-corrected chi connectivity index (χ2v) is 5.44. The lowest BCUT2D eigenvalue weighted by atomic mass is 10.2. The molecule has 1 N–H and O–H groups in total. The van der Waals surface area contributed by atoms with Gasteiger partial charge in [0.15, 0.2) is 5.96 Å². The molecule has 2 rings (SSSR count). The first-order valence-corrected chi connectivity index (χ1v) is 8.01. The molecule has 0 aromatic heterocycles. The number of unbranched alkanes of at least 4 members (excludes halogenated alkanes) is 1. The number of likely N-dealkylation sites (tertiary alicyclic amines) is 1. The maximum atomic E-state index is 5.75. The molecule has 21 heavy (non-hydrogen) atoms. The minimum absolute atomic E-state index is 0.786. The van der Waals surface area contributed by atoms with Gasteiger partial charge in [0.25, 0.3) is 0 Å². The summed E-state index contributed by atoms with van der Waals surface area (Å²) in [5, 5.41) is 3.44. The Morgan fingerprint density at radius 2 is 2.14 bits per heavy atom. The van der Waals surface area contributed by atoms with Crippen LogP contribution < -0.4 is 10.1 Å². The van der Waals surface area contributed by atoms with E-state index in [0.717, 1.165) is 50.8 Å². The Kier molecular flexibility index (Phi) is 6.38. The fourth-order valence-corrected chi connectivity index (χ4v) is 2.52. The van der Waals surface area contributed by atoms with Gasteiger partial charge in [-0.25, -0.2) is 0 Å². The van der Waals surface area contributed by atoms with Crippen LogP contribution in [0, 0.1) is 0 Å². The zero-order valence-electron chi connectivity index (χ0n) is 13.3.